The second-order valence-electron chi connectivity index (χ2n) is 6.91. The fraction of sp³-hybridized carbons (Fsp3) is 0.526. The van der Waals surface area contributed by atoms with Gasteiger partial charge in [-0.3, -0.25) is 4.79 Å². The van der Waals surface area contributed by atoms with Crippen LogP contribution >= 0.6 is 12.4 Å². The molecule has 138 valence electrons. The second kappa shape index (κ2) is 8.21. The molecule has 0 radical (unpaired) electrons. The van der Waals surface area contributed by atoms with Gasteiger partial charge in [-0.15, -0.1) is 12.4 Å². The van der Waals surface area contributed by atoms with Crippen LogP contribution in [-0.4, -0.2) is 36.0 Å². The fourth-order valence-corrected chi connectivity index (χ4v) is 3.39. The van der Waals surface area contributed by atoms with E-state index in [-0.39, 0.29) is 30.5 Å². The standard InChI is InChI=1S/C19H26N2O3.ClH/c1-12(2)23-11-16-15-6-4-5-7-17(15)24-18(16)19(22)21-10-14(9-20)8-13(21)3;/h4-7,12-14H,8-11,20H2,1-3H3;1H. The highest BCUT2D eigenvalue weighted by Gasteiger charge is 2.35. The van der Waals surface area contributed by atoms with E-state index in [0.717, 1.165) is 23.0 Å². The minimum absolute atomic E-state index is 0. The molecule has 2 aromatic rings. The Morgan fingerprint density at radius 1 is 1.40 bits per heavy atom. The van der Waals surface area contributed by atoms with Gasteiger partial charge < -0.3 is 19.8 Å². The molecule has 1 aromatic carbocycles. The number of fused-ring (bicyclic) bond motifs is 1. The van der Waals surface area contributed by atoms with E-state index in [9.17, 15) is 4.79 Å². The Kier molecular flexibility index (Phi) is 6.49. The molecule has 6 heteroatoms. The van der Waals surface area contributed by atoms with E-state index in [4.69, 9.17) is 14.9 Å². The maximum Gasteiger partial charge on any atom is 0.290 e. The van der Waals surface area contributed by atoms with Crippen molar-refractivity contribution in [3.63, 3.8) is 0 Å². The Morgan fingerprint density at radius 2 is 2.12 bits per heavy atom. The van der Waals surface area contributed by atoms with E-state index in [0.29, 0.717) is 31.4 Å². The third kappa shape index (κ3) is 4.00. The molecule has 0 aliphatic carbocycles. The van der Waals surface area contributed by atoms with Crippen molar-refractivity contribution in [2.24, 2.45) is 11.7 Å². The highest BCUT2D eigenvalue weighted by molar-refractivity contribution is 5.99. The van der Waals surface area contributed by atoms with Crippen molar-refractivity contribution in [3.05, 3.63) is 35.6 Å². The predicted molar refractivity (Wildman–Crippen MR) is 101 cm³/mol. The number of ether oxygens (including phenoxy) is 1. The molecule has 1 amide bonds. The fourth-order valence-electron chi connectivity index (χ4n) is 3.39. The Labute approximate surface area is 154 Å². The first-order valence-electron chi connectivity index (χ1n) is 8.64. The lowest BCUT2D eigenvalue weighted by Gasteiger charge is -2.21. The van der Waals surface area contributed by atoms with Crippen molar-refractivity contribution < 1.29 is 13.9 Å². The molecular formula is C19H27ClN2O3. The monoisotopic (exact) mass is 366 g/mol. The van der Waals surface area contributed by atoms with Crippen molar-refractivity contribution in [2.45, 2.75) is 45.9 Å². The van der Waals surface area contributed by atoms with E-state index in [2.05, 4.69) is 6.92 Å². The van der Waals surface area contributed by atoms with Gasteiger partial charge in [-0.05, 0) is 45.7 Å². The molecule has 2 unspecified atom stereocenters. The molecule has 2 N–H and O–H groups in total. The zero-order valence-electron chi connectivity index (χ0n) is 15.0. The van der Waals surface area contributed by atoms with Gasteiger partial charge >= 0.3 is 0 Å². The number of hydrogen-bond donors (Lipinski definition) is 1. The molecule has 1 aliphatic rings. The summed E-state index contributed by atoms with van der Waals surface area (Å²) < 4.78 is 11.7. The molecular weight excluding hydrogens is 340 g/mol. The number of halogens is 1. The first-order valence-corrected chi connectivity index (χ1v) is 8.64. The molecule has 1 saturated heterocycles. The highest BCUT2D eigenvalue weighted by atomic mass is 35.5. The SMILES string of the molecule is CC(C)OCc1c(C(=O)N2CC(CN)CC2C)oc2ccccc12.Cl. The molecule has 1 aromatic heterocycles. The summed E-state index contributed by atoms with van der Waals surface area (Å²) in [5.41, 5.74) is 7.36. The number of carbonyl (C=O) groups is 1. The Hall–Kier alpha value is -1.56. The van der Waals surface area contributed by atoms with Crippen molar-refractivity contribution >= 4 is 29.3 Å². The maximum absolute atomic E-state index is 13.1. The normalized spacial score (nSPS) is 20.3. The highest BCUT2D eigenvalue weighted by Crippen LogP contribution is 2.31. The lowest BCUT2D eigenvalue weighted by molar-refractivity contribution is 0.0607. The van der Waals surface area contributed by atoms with Crippen LogP contribution < -0.4 is 5.73 Å². The van der Waals surface area contributed by atoms with Crippen molar-refractivity contribution in [2.75, 3.05) is 13.1 Å². The molecule has 1 aliphatic heterocycles. The zero-order valence-corrected chi connectivity index (χ0v) is 15.8. The van der Waals surface area contributed by atoms with Crippen LogP contribution in [0.15, 0.2) is 28.7 Å². The van der Waals surface area contributed by atoms with Gasteiger partial charge in [-0.2, -0.15) is 0 Å². The Bertz CT molecular complexity index is 729. The van der Waals surface area contributed by atoms with E-state index < -0.39 is 0 Å². The van der Waals surface area contributed by atoms with E-state index in [1.165, 1.54) is 0 Å². The summed E-state index contributed by atoms with van der Waals surface area (Å²) in [7, 11) is 0. The first-order chi connectivity index (χ1) is 11.5. The molecule has 2 atom stereocenters. The van der Waals surface area contributed by atoms with Crippen LogP contribution in [0.4, 0.5) is 0 Å². The molecule has 25 heavy (non-hydrogen) atoms. The van der Waals surface area contributed by atoms with E-state index in [1.807, 2.05) is 43.0 Å². The second-order valence-corrected chi connectivity index (χ2v) is 6.91. The maximum atomic E-state index is 13.1. The minimum atomic E-state index is -0.0583. The number of amides is 1. The summed E-state index contributed by atoms with van der Waals surface area (Å²) >= 11 is 0. The molecule has 0 spiro atoms. The van der Waals surface area contributed by atoms with Crippen molar-refractivity contribution in [1.29, 1.82) is 0 Å². The molecule has 3 rings (SSSR count). The van der Waals surface area contributed by atoms with Gasteiger partial charge in [-0.25, -0.2) is 0 Å². The number of benzene rings is 1. The van der Waals surface area contributed by atoms with Crippen LogP contribution in [0.5, 0.6) is 0 Å². The third-order valence-corrected chi connectivity index (χ3v) is 4.71. The summed E-state index contributed by atoms with van der Waals surface area (Å²) in [5, 5.41) is 0.948. The van der Waals surface area contributed by atoms with E-state index in [1.54, 1.807) is 0 Å². The predicted octanol–water partition coefficient (Wildman–Crippen LogP) is 3.59. The van der Waals surface area contributed by atoms with Gasteiger partial charge in [0.05, 0.1) is 12.7 Å². The number of nitrogens with two attached hydrogens (primary N) is 1. The minimum Gasteiger partial charge on any atom is -0.451 e. The third-order valence-electron chi connectivity index (χ3n) is 4.71. The molecule has 2 heterocycles. The number of carbonyl (C=O) groups excluding carboxylic acids is 1. The summed E-state index contributed by atoms with van der Waals surface area (Å²) in [6.07, 6.45) is 1.04. The Balaban J connectivity index is 0.00000225. The largest absolute Gasteiger partial charge is 0.451 e. The first kappa shape index (κ1) is 19.8. The summed E-state index contributed by atoms with van der Waals surface area (Å²) in [6.45, 7) is 7.71. The molecule has 1 fully saturated rings. The van der Waals surface area contributed by atoms with E-state index >= 15 is 0 Å². The average molecular weight is 367 g/mol. The van der Waals surface area contributed by atoms with Crippen LogP contribution in [0.1, 0.15) is 43.3 Å². The average Bonchev–Trinajstić information content (AvgIpc) is 3.12. The number of rotatable bonds is 5. The Morgan fingerprint density at radius 3 is 2.76 bits per heavy atom. The quantitative estimate of drug-likeness (QED) is 0.877. The smallest absolute Gasteiger partial charge is 0.290 e. The molecule has 0 saturated carbocycles. The number of para-hydroxylation sites is 1. The van der Waals surface area contributed by atoms with Gasteiger partial charge in [0.1, 0.15) is 5.58 Å². The van der Waals surface area contributed by atoms with Crippen LogP contribution in [0.25, 0.3) is 11.0 Å². The number of likely N-dealkylation sites (tertiary alicyclic amines) is 1. The van der Waals surface area contributed by atoms with Crippen LogP contribution in [0.3, 0.4) is 0 Å². The van der Waals surface area contributed by atoms with Gasteiger partial charge in [0.15, 0.2) is 5.76 Å². The van der Waals surface area contributed by atoms with Crippen LogP contribution in [-0.2, 0) is 11.3 Å². The summed E-state index contributed by atoms with van der Waals surface area (Å²) in [6, 6.07) is 7.91. The molecule has 5 nitrogen and oxygen atoms in total. The van der Waals surface area contributed by atoms with Gasteiger partial charge in [0.25, 0.3) is 5.91 Å². The van der Waals surface area contributed by atoms with Crippen molar-refractivity contribution in [1.82, 2.24) is 4.90 Å². The summed E-state index contributed by atoms with van der Waals surface area (Å²) in [5.74, 6) is 0.710. The van der Waals surface area contributed by atoms with Gasteiger partial charge in [-0.1, -0.05) is 18.2 Å². The van der Waals surface area contributed by atoms with Crippen LogP contribution in [0.2, 0.25) is 0 Å². The summed E-state index contributed by atoms with van der Waals surface area (Å²) in [4.78, 5) is 15.0. The van der Waals surface area contributed by atoms with Crippen LogP contribution in [0, 0.1) is 5.92 Å². The number of hydrogen-bond acceptors (Lipinski definition) is 4. The zero-order chi connectivity index (χ0) is 17.3. The molecule has 0 bridgehead atoms. The van der Waals surface area contributed by atoms with Crippen molar-refractivity contribution in [3.8, 4) is 0 Å². The number of furan rings is 1. The lowest BCUT2D eigenvalue weighted by atomic mass is 10.1. The lowest BCUT2D eigenvalue weighted by Crippen LogP contribution is -2.34. The van der Waals surface area contributed by atoms with Gasteiger partial charge in [0.2, 0.25) is 0 Å². The van der Waals surface area contributed by atoms with Gasteiger partial charge in [0, 0.05) is 23.5 Å². The number of nitrogens with zero attached hydrogens (tertiary/aromatic N) is 1. The topological polar surface area (TPSA) is 68.7 Å².